The van der Waals surface area contributed by atoms with Crippen molar-refractivity contribution in [1.82, 2.24) is 0 Å². The van der Waals surface area contributed by atoms with Crippen LogP contribution in [0, 0.1) is 0 Å². The molecule has 6 heteroatoms. The van der Waals surface area contributed by atoms with Crippen LogP contribution in [0.4, 0.5) is 26.3 Å². The maximum atomic E-state index is 12.5. The normalized spacial score (nSPS) is 11.7. The first-order chi connectivity index (χ1) is 9.05. The molecule has 0 aliphatic carbocycles. The number of rotatable bonds is 2. The molecule has 0 bridgehead atoms. The zero-order valence-corrected chi connectivity index (χ0v) is 11.4. The van der Waals surface area contributed by atoms with Gasteiger partial charge in [0.1, 0.15) is 0 Å². The fourth-order valence-electron chi connectivity index (χ4n) is 1.36. The van der Waals surface area contributed by atoms with E-state index >= 15 is 0 Å². The summed E-state index contributed by atoms with van der Waals surface area (Å²) in [6.07, 6.45) is -9.35. The average Bonchev–Trinajstić information content (AvgIpc) is 2.37. The van der Waals surface area contributed by atoms with Crippen LogP contribution in [0.1, 0.15) is 43.9 Å². The van der Waals surface area contributed by atoms with Crippen molar-refractivity contribution in [3.8, 4) is 0 Å². The third kappa shape index (κ3) is 4.90. The van der Waals surface area contributed by atoms with Crippen molar-refractivity contribution in [2.24, 2.45) is 0 Å². The Morgan fingerprint density at radius 3 is 1.50 bits per heavy atom. The summed E-state index contributed by atoms with van der Waals surface area (Å²) in [7, 11) is 0. The number of allylic oxidation sites excluding steroid dienone is 1. The summed E-state index contributed by atoms with van der Waals surface area (Å²) in [4.78, 5) is 0. The molecule has 0 amide bonds. The van der Waals surface area contributed by atoms with Crippen LogP contribution < -0.4 is 0 Å². The van der Waals surface area contributed by atoms with E-state index in [2.05, 4.69) is 6.58 Å². The molecule has 0 spiro atoms. The first kappa shape index (κ1) is 18.5. The van der Waals surface area contributed by atoms with Gasteiger partial charge >= 0.3 is 12.4 Å². The molecule has 0 fully saturated rings. The van der Waals surface area contributed by atoms with Gasteiger partial charge in [-0.25, -0.2) is 0 Å². The summed E-state index contributed by atoms with van der Waals surface area (Å²) in [5, 5.41) is 0. The largest absolute Gasteiger partial charge is 0.416 e. The first-order valence-corrected chi connectivity index (χ1v) is 6.03. The van der Waals surface area contributed by atoms with Gasteiger partial charge in [0.25, 0.3) is 0 Å². The average molecular weight is 298 g/mol. The summed E-state index contributed by atoms with van der Waals surface area (Å²) >= 11 is 0. The van der Waals surface area contributed by atoms with E-state index in [1.807, 2.05) is 13.8 Å². The van der Waals surface area contributed by atoms with Crippen molar-refractivity contribution in [1.29, 1.82) is 0 Å². The third-order valence-corrected chi connectivity index (χ3v) is 2.42. The van der Waals surface area contributed by atoms with Crippen LogP contribution in [-0.2, 0) is 12.4 Å². The minimum Gasteiger partial charge on any atom is -0.166 e. The van der Waals surface area contributed by atoms with Crippen molar-refractivity contribution < 1.29 is 26.3 Å². The Morgan fingerprint density at radius 2 is 1.25 bits per heavy atom. The zero-order chi connectivity index (χ0) is 16.1. The molecule has 0 saturated heterocycles. The number of halogens is 6. The van der Waals surface area contributed by atoms with Gasteiger partial charge in [-0.3, -0.25) is 0 Å². The Morgan fingerprint density at radius 1 is 0.900 bits per heavy atom. The standard InChI is InChI=1S/C12H10F6.C2H6/c1-3-7(2)8-4-9(11(13,14)15)6-10(5-8)12(16,17)18;1-2/h4-6H,2-3H2,1H3;1-2H3. The van der Waals surface area contributed by atoms with E-state index in [9.17, 15) is 26.3 Å². The van der Waals surface area contributed by atoms with Gasteiger partial charge in [0, 0.05) is 0 Å². The van der Waals surface area contributed by atoms with E-state index < -0.39 is 23.5 Å². The highest BCUT2D eigenvalue weighted by Gasteiger charge is 2.36. The molecule has 0 unspecified atom stereocenters. The molecule has 1 rings (SSSR count). The van der Waals surface area contributed by atoms with Crippen molar-refractivity contribution in [3.05, 3.63) is 41.5 Å². The molecular formula is C14H16F6. The number of alkyl halides is 6. The maximum absolute atomic E-state index is 12.5. The van der Waals surface area contributed by atoms with E-state index in [0.29, 0.717) is 12.1 Å². The van der Waals surface area contributed by atoms with Crippen LogP contribution >= 0.6 is 0 Å². The second kappa shape index (κ2) is 6.81. The molecule has 114 valence electrons. The van der Waals surface area contributed by atoms with E-state index in [-0.39, 0.29) is 23.6 Å². The molecule has 1 aromatic rings. The summed E-state index contributed by atoms with van der Waals surface area (Å²) in [6.45, 7) is 9.06. The predicted molar refractivity (Wildman–Crippen MR) is 67.1 cm³/mol. The van der Waals surface area contributed by atoms with Gasteiger partial charge in [-0.15, -0.1) is 0 Å². The lowest BCUT2D eigenvalue weighted by atomic mass is 9.99. The van der Waals surface area contributed by atoms with Gasteiger partial charge in [-0.2, -0.15) is 26.3 Å². The molecule has 1 aromatic carbocycles. The zero-order valence-electron chi connectivity index (χ0n) is 11.4. The third-order valence-electron chi connectivity index (χ3n) is 2.42. The van der Waals surface area contributed by atoms with Gasteiger partial charge in [-0.1, -0.05) is 27.4 Å². The molecule has 0 radical (unpaired) electrons. The van der Waals surface area contributed by atoms with Crippen molar-refractivity contribution in [3.63, 3.8) is 0 Å². The Labute approximate surface area is 114 Å². The summed E-state index contributed by atoms with van der Waals surface area (Å²) < 4.78 is 75.0. The smallest absolute Gasteiger partial charge is 0.166 e. The lowest BCUT2D eigenvalue weighted by Crippen LogP contribution is -2.11. The maximum Gasteiger partial charge on any atom is 0.416 e. The van der Waals surface area contributed by atoms with Crippen LogP contribution in [0.2, 0.25) is 0 Å². The topological polar surface area (TPSA) is 0 Å². The number of hydrogen-bond acceptors (Lipinski definition) is 0. The van der Waals surface area contributed by atoms with Crippen molar-refractivity contribution >= 4 is 5.57 Å². The predicted octanol–water partition coefficient (Wildman–Crippen LogP) is 6.17. The van der Waals surface area contributed by atoms with E-state index in [4.69, 9.17) is 0 Å². The Bertz CT molecular complexity index is 421. The number of benzene rings is 1. The van der Waals surface area contributed by atoms with Crippen molar-refractivity contribution in [2.75, 3.05) is 0 Å². The molecule has 0 aromatic heterocycles. The van der Waals surface area contributed by atoms with Gasteiger partial charge in [-0.05, 0) is 35.8 Å². The lowest BCUT2D eigenvalue weighted by molar-refractivity contribution is -0.143. The van der Waals surface area contributed by atoms with Crippen LogP contribution in [-0.4, -0.2) is 0 Å². The van der Waals surface area contributed by atoms with E-state index in [1.165, 1.54) is 0 Å². The second-order valence-electron chi connectivity index (χ2n) is 3.75. The monoisotopic (exact) mass is 298 g/mol. The minimum absolute atomic E-state index is 0.104. The highest BCUT2D eigenvalue weighted by molar-refractivity contribution is 5.64. The first-order valence-electron chi connectivity index (χ1n) is 6.03. The summed E-state index contributed by atoms with van der Waals surface area (Å²) in [5.41, 5.74) is -2.55. The van der Waals surface area contributed by atoms with Gasteiger partial charge in [0.15, 0.2) is 0 Å². The van der Waals surface area contributed by atoms with E-state index in [0.717, 1.165) is 0 Å². The molecule has 0 heterocycles. The molecule has 0 aliphatic heterocycles. The molecular weight excluding hydrogens is 282 g/mol. The van der Waals surface area contributed by atoms with Gasteiger partial charge in [0.2, 0.25) is 0 Å². The summed E-state index contributed by atoms with van der Waals surface area (Å²) in [6, 6.07) is 1.47. The molecule has 0 aliphatic rings. The number of hydrogen-bond donors (Lipinski definition) is 0. The molecule has 0 nitrogen and oxygen atoms in total. The van der Waals surface area contributed by atoms with Crippen LogP contribution in [0.5, 0.6) is 0 Å². The Hall–Kier alpha value is -1.46. The van der Waals surface area contributed by atoms with Crippen LogP contribution in [0.15, 0.2) is 24.8 Å². The fourth-order valence-corrected chi connectivity index (χ4v) is 1.36. The highest BCUT2D eigenvalue weighted by atomic mass is 19.4. The Balaban J connectivity index is 0.00000172. The lowest BCUT2D eigenvalue weighted by Gasteiger charge is -2.14. The molecule has 20 heavy (non-hydrogen) atoms. The van der Waals surface area contributed by atoms with Gasteiger partial charge in [0.05, 0.1) is 11.1 Å². The van der Waals surface area contributed by atoms with Gasteiger partial charge < -0.3 is 0 Å². The van der Waals surface area contributed by atoms with E-state index in [1.54, 1.807) is 6.92 Å². The molecule has 0 N–H and O–H groups in total. The summed E-state index contributed by atoms with van der Waals surface area (Å²) in [5.74, 6) is 0. The van der Waals surface area contributed by atoms with Crippen LogP contribution in [0.25, 0.3) is 5.57 Å². The van der Waals surface area contributed by atoms with Crippen LogP contribution in [0.3, 0.4) is 0 Å². The highest BCUT2D eigenvalue weighted by Crippen LogP contribution is 2.37. The second-order valence-corrected chi connectivity index (χ2v) is 3.75. The molecule has 0 saturated carbocycles. The van der Waals surface area contributed by atoms with Crippen molar-refractivity contribution in [2.45, 2.75) is 39.5 Å². The minimum atomic E-state index is -4.82. The SMILES string of the molecule is C=C(CC)c1cc(C(F)(F)F)cc(C(F)(F)F)c1.CC. The molecule has 0 atom stereocenters. The quantitative estimate of drug-likeness (QED) is 0.572. The Kier molecular flexibility index (Phi) is 6.32. The fraction of sp³-hybridized carbons (Fsp3) is 0.429.